The standard InChI is InChI=1S/C16H16N2O2.3C5H10O2.Co.Cr.2H2O/c19-15-7-3-1-5-13(15)11-17-9-10-18-12-14-6-2-4-8-16(14)20;3*1-5(2,3)4(6)7;;;;/h1-8,11-12,19-20H,9-10H2;3*1-3H3,(H,6,7);;;2*1H2/q;;;;+3;+2;;/p-3. The van der Waals surface area contributed by atoms with E-state index in [1.807, 2.05) is 0 Å². The van der Waals surface area contributed by atoms with Crippen molar-refractivity contribution in [2.75, 3.05) is 13.1 Å². The van der Waals surface area contributed by atoms with Gasteiger partial charge in [-0.3, -0.25) is 9.98 Å². The third-order valence-electron chi connectivity index (χ3n) is 4.49. The van der Waals surface area contributed by atoms with Crippen molar-refractivity contribution >= 4 is 30.3 Å². The maximum Gasteiger partial charge on any atom is 3.00 e. The first-order valence-corrected chi connectivity index (χ1v) is 12.8. The molecule has 0 aromatic heterocycles. The average molecular weight is 719 g/mol. The summed E-state index contributed by atoms with van der Waals surface area (Å²) in [7, 11) is 0. The summed E-state index contributed by atoms with van der Waals surface area (Å²) in [6.07, 6.45) is 3.11. The van der Waals surface area contributed by atoms with Crippen LogP contribution in [0.3, 0.4) is 0 Å². The molecule has 0 aliphatic heterocycles. The fourth-order valence-corrected chi connectivity index (χ4v) is 1.62. The number of nitrogens with zero attached hydrogens (tertiary/aromatic N) is 2. The summed E-state index contributed by atoms with van der Waals surface area (Å²) in [4.78, 5) is 38.0. The van der Waals surface area contributed by atoms with E-state index in [9.17, 15) is 39.9 Å². The summed E-state index contributed by atoms with van der Waals surface area (Å²) in [6, 6.07) is 13.5. The quantitative estimate of drug-likeness (QED) is 0.207. The van der Waals surface area contributed by atoms with E-state index in [0.29, 0.717) is 24.2 Å². The molecule has 0 atom stereocenters. The number of carbonyl (C=O) groups is 3. The second-order valence-corrected chi connectivity index (χ2v) is 11.8. The van der Waals surface area contributed by atoms with Crippen LogP contribution in [0.2, 0.25) is 0 Å². The molecule has 6 N–H and O–H groups in total. The molecule has 2 aromatic carbocycles. The van der Waals surface area contributed by atoms with Gasteiger partial charge in [-0.15, -0.1) is 11.5 Å². The summed E-state index contributed by atoms with van der Waals surface area (Å²) in [5.41, 5.74) is -0.942. The van der Waals surface area contributed by atoms with Crippen molar-refractivity contribution in [3.63, 3.8) is 0 Å². The van der Waals surface area contributed by atoms with E-state index >= 15 is 0 Å². The predicted octanol–water partition coefficient (Wildman–Crippen LogP) is -1.13. The van der Waals surface area contributed by atoms with Gasteiger partial charge >= 0.3 is 34.1 Å². The summed E-state index contributed by atoms with van der Waals surface area (Å²) in [6.45, 7) is 15.4. The molecule has 0 heterocycles. The van der Waals surface area contributed by atoms with E-state index in [-0.39, 0.29) is 56.6 Å². The Morgan fingerprint density at radius 2 is 0.778 bits per heavy atom. The summed E-state index contributed by atoms with van der Waals surface area (Å²) < 4.78 is 0. The van der Waals surface area contributed by atoms with Gasteiger partial charge in [0.05, 0.1) is 13.1 Å². The van der Waals surface area contributed by atoms with Gasteiger partial charge in [0.1, 0.15) is 0 Å². The van der Waals surface area contributed by atoms with Crippen LogP contribution in [0, 0.1) is 16.2 Å². The molecule has 0 radical (unpaired) electrons. The zero-order valence-corrected chi connectivity index (χ0v) is 29.6. The van der Waals surface area contributed by atoms with Crippen LogP contribution < -0.4 is 25.5 Å². The fourth-order valence-electron chi connectivity index (χ4n) is 1.62. The van der Waals surface area contributed by atoms with Gasteiger partial charge in [-0.1, -0.05) is 111 Å². The van der Waals surface area contributed by atoms with Crippen molar-refractivity contribution in [2.45, 2.75) is 62.3 Å². The average Bonchev–Trinajstić information content (AvgIpc) is 2.83. The first kappa shape index (κ1) is 54.2. The molecule has 2 rings (SSSR count). The minimum atomic E-state index is -1.01. The van der Waals surface area contributed by atoms with Crippen LogP contribution in [0.15, 0.2) is 58.5 Å². The number of hydrogen-bond donors (Lipinski definition) is 0. The Balaban J connectivity index is -0.000000128. The number of hydrogen-bond acceptors (Lipinski definition) is 10. The van der Waals surface area contributed by atoms with Gasteiger partial charge in [0, 0.05) is 46.6 Å². The second kappa shape index (κ2) is 26.0. The van der Waals surface area contributed by atoms with Gasteiger partial charge in [-0.25, -0.2) is 0 Å². The van der Waals surface area contributed by atoms with Crippen LogP contribution in [0.4, 0.5) is 0 Å². The van der Waals surface area contributed by atoms with Gasteiger partial charge in [0.2, 0.25) is 0 Å². The zero-order valence-electron chi connectivity index (χ0n) is 27.2. The molecule has 0 saturated carbocycles. The van der Waals surface area contributed by atoms with Gasteiger partial charge in [-0.05, 0) is 11.1 Å². The van der Waals surface area contributed by atoms with E-state index in [1.165, 1.54) is 12.1 Å². The molecule has 0 spiro atoms. The molecule has 14 heteroatoms. The number of para-hydroxylation sites is 2. The van der Waals surface area contributed by atoms with Crippen LogP contribution in [-0.4, -0.2) is 43.4 Å². The molecule has 45 heavy (non-hydrogen) atoms. The number of carboxylic acids is 3. The molecule has 0 unspecified atom stereocenters. The molecule has 12 nitrogen and oxygen atoms in total. The Kier molecular flexibility index (Phi) is 31.4. The van der Waals surface area contributed by atoms with E-state index in [2.05, 4.69) is 9.98 Å². The Labute approximate surface area is 287 Å². The molecule has 0 amide bonds. The van der Waals surface area contributed by atoms with Crippen molar-refractivity contribution in [3.8, 4) is 11.5 Å². The summed E-state index contributed by atoms with van der Waals surface area (Å²) >= 11 is 0. The molecule has 2 aromatic rings. The topological polar surface area (TPSA) is 257 Å². The Bertz CT molecular complexity index is 1060. The smallest absolute Gasteiger partial charge is 0.872 e. The number of aliphatic carboxylic acids is 3. The van der Waals surface area contributed by atoms with E-state index in [0.717, 1.165) is 0 Å². The Morgan fingerprint density at radius 1 is 0.578 bits per heavy atom. The molecule has 0 aliphatic carbocycles. The SMILES string of the molecule is CC(C)(C)C(=O)[O-].CC(C)(C)C(=O)[O-].CC(C)(C)C(=O)[O-].[Co+3].[Cr+2].[O-]c1ccccc1C=NCCN=Cc1ccccc1[O-].[OH3+].[OH3+]. The fraction of sp³-hybridized carbons (Fsp3) is 0.452. The first-order valence-electron chi connectivity index (χ1n) is 12.8. The molecule has 0 fully saturated rings. The number of benzene rings is 2. The van der Waals surface area contributed by atoms with Gasteiger partial charge in [-0.2, -0.15) is 0 Å². The third-order valence-corrected chi connectivity index (χ3v) is 4.49. The largest absolute Gasteiger partial charge is 3.00 e. The molecular formula is C31H47CoCrN2O10+2. The number of carboxylic acid groups (broad SMARTS) is 3. The number of rotatable bonds is 5. The monoisotopic (exact) mass is 718 g/mol. The van der Waals surface area contributed by atoms with Crippen molar-refractivity contribution < 1.29 is 85.0 Å². The van der Waals surface area contributed by atoms with Gasteiger partial charge in [0.25, 0.3) is 0 Å². The molecule has 0 saturated heterocycles. The van der Waals surface area contributed by atoms with Crippen LogP contribution in [0.1, 0.15) is 73.4 Å². The van der Waals surface area contributed by atoms with Crippen LogP contribution in [0.25, 0.3) is 0 Å². The first-order chi connectivity index (χ1) is 18.6. The van der Waals surface area contributed by atoms with Crippen LogP contribution >= 0.6 is 0 Å². The summed E-state index contributed by atoms with van der Waals surface area (Å²) in [5, 5.41) is 52.5. The minimum Gasteiger partial charge on any atom is -0.872 e. The van der Waals surface area contributed by atoms with E-state index in [1.54, 1.807) is 111 Å². The van der Waals surface area contributed by atoms with Crippen LogP contribution in [0.5, 0.6) is 11.5 Å². The van der Waals surface area contributed by atoms with Crippen molar-refractivity contribution in [1.82, 2.24) is 0 Å². The molecule has 254 valence electrons. The third kappa shape index (κ3) is 29.2. The van der Waals surface area contributed by atoms with Crippen molar-refractivity contribution in [3.05, 3.63) is 59.7 Å². The predicted molar refractivity (Wildman–Crippen MR) is 160 cm³/mol. The maximum atomic E-state index is 11.4. The Hall–Kier alpha value is -3.25. The van der Waals surface area contributed by atoms with Crippen molar-refractivity contribution in [1.29, 1.82) is 0 Å². The second-order valence-electron chi connectivity index (χ2n) is 11.8. The summed E-state index contributed by atoms with van der Waals surface area (Å²) in [5.74, 6) is -3.10. The van der Waals surface area contributed by atoms with Gasteiger partial charge < -0.3 is 50.9 Å². The van der Waals surface area contributed by atoms with E-state index in [4.69, 9.17) is 0 Å². The van der Waals surface area contributed by atoms with Crippen LogP contribution in [-0.2, 0) is 59.5 Å². The van der Waals surface area contributed by atoms with Crippen molar-refractivity contribution in [2.24, 2.45) is 26.2 Å². The molecule has 0 aliphatic rings. The normalized spacial score (nSPS) is 10.3. The maximum absolute atomic E-state index is 11.4. The van der Waals surface area contributed by atoms with Gasteiger partial charge in [0.15, 0.2) is 0 Å². The number of aliphatic imine (C=N–C) groups is 2. The minimum absolute atomic E-state index is 0. The number of carbonyl (C=O) groups excluding carboxylic acids is 3. The Morgan fingerprint density at radius 3 is 0.956 bits per heavy atom. The zero-order chi connectivity index (χ0) is 32.4. The molecule has 0 bridgehead atoms. The molecular weight excluding hydrogens is 671 g/mol. The van der Waals surface area contributed by atoms with E-state index < -0.39 is 34.2 Å².